The molecular formula is C18H24N2O2. The van der Waals surface area contributed by atoms with Crippen LogP contribution in [0.3, 0.4) is 0 Å². The zero-order valence-electron chi connectivity index (χ0n) is 13.4. The molecule has 4 heteroatoms. The van der Waals surface area contributed by atoms with Gasteiger partial charge in [0.25, 0.3) is 0 Å². The molecule has 1 fully saturated rings. The Morgan fingerprint density at radius 3 is 2.64 bits per heavy atom. The van der Waals surface area contributed by atoms with Crippen LogP contribution < -0.4 is 10.6 Å². The normalized spacial score (nSPS) is 26.0. The summed E-state index contributed by atoms with van der Waals surface area (Å²) in [6, 6.07) is 8.25. The van der Waals surface area contributed by atoms with E-state index < -0.39 is 11.7 Å². The number of fused-ring (bicyclic) bond motifs is 1. The molecule has 1 aromatic carbocycles. The predicted molar refractivity (Wildman–Crippen MR) is 89.1 cm³/mol. The van der Waals surface area contributed by atoms with Crippen molar-refractivity contribution in [2.45, 2.75) is 45.3 Å². The minimum absolute atomic E-state index is 0.422. The van der Waals surface area contributed by atoms with E-state index in [4.69, 9.17) is 4.74 Å². The van der Waals surface area contributed by atoms with Crippen LogP contribution in [0.2, 0.25) is 0 Å². The number of carbonyl (C=O) groups excluding carboxylic acids is 1. The maximum absolute atomic E-state index is 12.0. The lowest BCUT2D eigenvalue weighted by Gasteiger charge is -2.41. The number of amides is 1. The third-order valence-corrected chi connectivity index (χ3v) is 4.27. The van der Waals surface area contributed by atoms with Gasteiger partial charge in [-0.25, -0.2) is 4.79 Å². The van der Waals surface area contributed by atoms with Gasteiger partial charge in [-0.3, -0.25) is 5.32 Å². The maximum atomic E-state index is 12.0. The highest BCUT2D eigenvalue weighted by atomic mass is 16.6. The minimum Gasteiger partial charge on any atom is -0.444 e. The zero-order chi connectivity index (χ0) is 15.7. The van der Waals surface area contributed by atoms with Gasteiger partial charge >= 0.3 is 6.09 Å². The van der Waals surface area contributed by atoms with Gasteiger partial charge in [0.1, 0.15) is 5.60 Å². The molecule has 3 atom stereocenters. The van der Waals surface area contributed by atoms with Crippen LogP contribution in [0.15, 0.2) is 36.4 Å². The molecule has 4 nitrogen and oxygen atoms in total. The first kappa shape index (κ1) is 14.9. The quantitative estimate of drug-likeness (QED) is 0.813. The van der Waals surface area contributed by atoms with E-state index in [0.29, 0.717) is 12.0 Å². The Labute approximate surface area is 131 Å². The first-order valence-electron chi connectivity index (χ1n) is 7.94. The number of rotatable bonds is 3. The topological polar surface area (TPSA) is 50.4 Å². The Kier molecular flexibility index (Phi) is 3.85. The second-order valence-electron chi connectivity index (χ2n) is 7.16. The minimum atomic E-state index is -0.498. The maximum Gasteiger partial charge on any atom is 0.412 e. The number of carbonyl (C=O) groups is 1. The van der Waals surface area contributed by atoms with Crippen molar-refractivity contribution in [3.63, 3.8) is 0 Å². The summed E-state index contributed by atoms with van der Waals surface area (Å²) in [5, 5.41) is 6.40. The molecule has 22 heavy (non-hydrogen) atoms. The second-order valence-corrected chi connectivity index (χ2v) is 7.16. The Morgan fingerprint density at radius 1 is 1.23 bits per heavy atom. The standard InChI is InChI=1S/C18H24N2O2/c1-18(2,3)22-17(21)20-15-10-5-4-9-14(15)19-16-11-12-7-6-8-13(12)16/h4-6,8-10,12-13,16,19H,7,11H2,1-3H3,(H,20,21). The van der Waals surface area contributed by atoms with Crippen molar-refractivity contribution in [3.8, 4) is 0 Å². The van der Waals surface area contributed by atoms with Gasteiger partial charge in [0.05, 0.1) is 11.4 Å². The molecule has 2 aliphatic rings. The molecule has 1 saturated carbocycles. The van der Waals surface area contributed by atoms with Crippen molar-refractivity contribution in [3.05, 3.63) is 36.4 Å². The number of hydrogen-bond acceptors (Lipinski definition) is 3. The molecule has 3 rings (SSSR count). The molecular weight excluding hydrogens is 276 g/mol. The molecule has 3 unspecified atom stereocenters. The van der Waals surface area contributed by atoms with Gasteiger partial charge in [0, 0.05) is 12.0 Å². The van der Waals surface area contributed by atoms with Gasteiger partial charge in [-0.2, -0.15) is 0 Å². The highest BCUT2D eigenvalue weighted by molar-refractivity contribution is 5.89. The summed E-state index contributed by atoms with van der Waals surface area (Å²) < 4.78 is 5.32. The number of hydrogen-bond donors (Lipinski definition) is 2. The smallest absolute Gasteiger partial charge is 0.412 e. The van der Waals surface area contributed by atoms with Crippen molar-refractivity contribution in [2.75, 3.05) is 10.6 Å². The molecule has 1 aromatic rings. The van der Waals surface area contributed by atoms with Gasteiger partial charge in [-0.15, -0.1) is 0 Å². The highest BCUT2D eigenvalue weighted by Crippen LogP contribution is 2.44. The molecule has 0 bridgehead atoms. The van der Waals surface area contributed by atoms with E-state index in [-0.39, 0.29) is 0 Å². The summed E-state index contributed by atoms with van der Waals surface area (Å²) in [5.41, 5.74) is 1.22. The van der Waals surface area contributed by atoms with Gasteiger partial charge < -0.3 is 10.1 Å². The largest absolute Gasteiger partial charge is 0.444 e. The van der Waals surface area contributed by atoms with Crippen molar-refractivity contribution in [2.24, 2.45) is 11.8 Å². The molecule has 118 valence electrons. The van der Waals surface area contributed by atoms with Crippen LogP contribution in [-0.2, 0) is 4.74 Å². The molecule has 2 aliphatic carbocycles. The average Bonchev–Trinajstić information content (AvgIpc) is 2.77. The van der Waals surface area contributed by atoms with Gasteiger partial charge in [0.15, 0.2) is 0 Å². The van der Waals surface area contributed by atoms with E-state index >= 15 is 0 Å². The predicted octanol–water partition coefficient (Wildman–Crippen LogP) is 4.41. The molecule has 2 N–H and O–H groups in total. The first-order chi connectivity index (χ1) is 10.4. The summed E-state index contributed by atoms with van der Waals surface area (Å²) in [6.07, 6.45) is 6.57. The van der Waals surface area contributed by atoms with Crippen LogP contribution in [0.4, 0.5) is 16.2 Å². The fraction of sp³-hybridized carbons (Fsp3) is 0.500. The lowest BCUT2D eigenvalue weighted by molar-refractivity contribution is 0.0636. The van der Waals surface area contributed by atoms with E-state index in [9.17, 15) is 4.79 Å². The van der Waals surface area contributed by atoms with E-state index in [1.807, 2.05) is 45.0 Å². The Bertz CT molecular complexity index is 589. The molecule has 0 heterocycles. The first-order valence-corrected chi connectivity index (χ1v) is 7.94. The number of anilines is 2. The fourth-order valence-corrected chi connectivity index (χ4v) is 3.21. The van der Waals surface area contributed by atoms with Crippen LogP contribution >= 0.6 is 0 Å². The number of benzene rings is 1. The fourth-order valence-electron chi connectivity index (χ4n) is 3.21. The molecule has 0 saturated heterocycles. The second kappa shape index (κ2) is 5.67. The SMILES string of the molecule is CC(C)(C)OC(=O)Nc1ccccc1NC1CC2CC=CC21. The molecule has 0 radical (unpaired) electrons. The van der Waals surface area contributed by atoms with Crippen molar-refractivity contribution in [1.82, 2.24) is 0 Å². The molecule has 0 aliphatic heterocycles. The van der Waals surface area contributed by atoms with Crippen LogP contribution in [0, 0.1) is 11.8 Å². The number of para-hydroxylation sites is 2. The van der Waals surface area contributed by atoms with Crippen LogP contribution in [0.1, 0.15) is 33.6 Å². The number of ether oxygens (including phenoxy) is 1. The van der Waals surface area contributed by atoms with Gasteiger partial charge in [0.2, 0.25) is 0 Å². The summed E-state index contributed by atoms with van der Waals surface area (Å²) >= 11 is 0. The number of nitrogens with one attached hydrogen (secondary N) is 2. The molecule has 0 spiro atoms. The summed E-state index contributed by atoms with van der Waals surface area (Å²) in [5.74, 6) is 1.44. The van der Waals surface area contributed by atoms with Crippen LogP contribution in [0.25, 0.3) is 0 Å². The Hall–Kier alpha value is -1.97. The molecule has 1 amide bonds. The highest BCUT2D eigenvalue weighted by Gasteiger charge is 2.41. The van der Waals surface area contributed by atoms with E-state index in [1.165, 1.54) is 12.8 Å². The van der Waals surface area contributed by atoms with E-state index in [1.54, 1.807) is 0 Å². The zero-order valence-corrected chi connectivity index (χ0v) is 13.4. The average molecular weight is 300 g/mol. The monoisotopic (exact) mass is 300 g/mol. The van der Waals surface area contributed by atoms with E-state index in [2.05, 4.69) is 22.8 Å². The van der Waals surface area contributed by atoms with Crippen LogP contribution in [0.5, 0.6) is 0 Å². The lowest BCUT2D eigenvalue weighted by Crippen LogP contribution is -2.43. The van der Waals surface area contributed by atoms with Gasteiger partial charge in [-0.05, 0) is 51.7 Å². The third-order valence-electron chi connectivity index (χ3n) is 4.27. The Balaban J connectivity index is 1.65. The van der Waals surface area contributed by atoms with Crippen molar-refractivity contribution in [1.29, 1.82) is 0 Å². The van der Waals surface area contributed by atoms with Crippen molar-refractivity contribution >= 4 is 17.5 Å². The van der Waals surface area contributed by atoms with E-state index in [0.717, 1.165) is 17.3 Å². The third kappa shape index (κ3) is 3.26. The Morgan fingerprint density at radius 2 is 1.95 bits per heavy atom. The summed E-state index contributed by atoms with van der Waals surface area (Å²) in [4.78, 5) is 12.0. The van der Waals surface area contributed by atoms with Gasteiger partial charge in [-0.1, -0.05) is 24.3 Å². The van der Waals surface area contributed by atoms with Crippen LogP contribution in [-0.4, -0.2) is 17.7 Å². The number of allylic oxidation sites excluding steroid dienone is 1. The summed E-state index contributed by atoms with van der Waals surface area (Å²) in [6.45, 7) is 5.58. The molecule has 0 aromatic heterocycles. The summed E-state index contributed by atoms with van der Waals surface area (Å²) in [7, 11) is 0. The van der Waals surface area contributed by atoms with Crippen molar-refractivity contribution < 1.29 is 9.53 Å². The lowest BCUT2D eigenvalue weighted by atomic mass is 9.71.